The van der Waals surface area contributed by atoms with Gasteiger partial charge in [0.1, 0.15) is 0 Å². The Balaban J connectivity index is 1.56. The van der Waals surface area contributed by atoms with Crippen LogP contribution in [0.3, 0.4) is 0 Å². The molecule has 2 amide bonds. The van der Waals surface area contributed by atoms with E-state index in [2.05, 4.69) is 15.6 Å². The molecule has 0 aromatic heterocycles. The summed E-state index contributed by atoms with van der Waals surface area (Å²) in [4.78, 5) is 32.6. The van der Waals surface area contributed by atoms with Crippen LogP contribution in [0.15, 0.2) is 58.3 Å². The van der Waals surface area contributed by atoms with E-state index in [0.717, 1.165) is 35.3 Å². The van der Waals surface area contributed by atoms with Gasteiger partial charge in [-0.1, -0.05) is 49.6 Å². The number of nitrogens with one attached hydrogen (secondary N) is 3. The third-order valence-electron chi connectivity index (χ3n) is 5.84. The molecule has 1 saturated carbocycles. The lowest BCUT2D eigenvalue weighted by atomic mass is 9.96. The topological polar surface area (TPSA) is 86.3 Å². The van der Waals surface area contributed by atoms with Crippen LogP contribution in [-0.2, 0) is 0 Å². The van der Waals surface area contributed by atoms with Crippen LogP contribution in [0.1, 0.15) is 50.2 Å². The van der Waals surface area contributed by atoms with Crippen molar-refractivity contribution >= 4 is 23.1 Å². The van der Waals surface area contributed by atoms with Crippen LogP contribution < -0.4 is 16.2 Å². The number of benzene rings is 1. The highest BCUT2D eigenvalue weighted by molar-refractivity contribution is 6.06. The molecular formula is C25H28N4O2. The summed E-state index contributed by atoms with van der Waals surface area (Å²) in [7, 11) is 0. The zero-order chi connectivity index (χ0) is 21.8. The zero-order valence-corrected chi connectivity index (χ0v) is 18.0. The summed E-state index contributed by atoms with van der Waals surface area (Å²) < 4.78 is 0. The molecule has 0 spiro atoms. The second kappa shape index (κ2) is 9.16. The lowest BCUT2D eigenvalue weighted by Gasteiger charge is -2.22. The van der Waals surface area contributed by atoms with Gasteiger partial charge >= 0.3 is 6.03 Å². The van der Waals surface area contributed by atoms with Crippen LogP contribution in [0.5, 0.6) is 0 Å². The Kier molecular flexibility index (Phi) is 6.16. The van der Waals surface area contributed by atoms with Gasteiger partial charge in [0, 0.05) is 23.0 Å². The smallest absolute Gasteiger partial charge is 0.319 e. The second-order valence-corrected chi connectivity index (χ2v) is 8.20. The summed E-state index contributed by atoms with van der Waals surface area (Å²) in [5.41, 5.74) is 5.05. The van der Waals surface area contributed by atoms with E-state index < -0.39 is 0 Å². The number of nitrogens with zero attached hydrogens (tertiary/aromatic N) is 1. The highest BCUT2D eigenvalue weighted by Gasteiger charge is 2.17. The lowest BCUT2D eigenvalue weighted by Crippen LogP contribution is -2.39. The largest absolute Gasteiger partial charge is 0.335 e. The Hall–Kier alpha value is -3.41. The van der Waals surface area contributed by atoms with Gasteiger partial charge in [-0.15, -0.1) is 0 Å². The molecule has 0 unspecified atom stereocenters. The van der Waals surface area contributed by atoms with Crippen molar-refractivity contribution in [3.63, 3.8) is 0 Å². The molecule has 1 aromatic carbocycles. The van der Waals surface area contributed by atoms with Crippen LogP contribution in [0.25, 0.3) is 11.3 Å². The van der Waals surface area contributed by atoms with Crippen molar-refractivity contribution in [3.8, 4) is 11.3 Å². The average Bonchev–Trinajstić information content (AvgIpc) is 2.90. The number of fused-ring (bicyclic) bond motifs is 1. The first kappa shape index (κ1) is 20.8. The molecule has 2 aliphatic carbocycles. The maximum Gasteiger partial charge on any atom is 0.319 e. The normalized spacial score (nSPS) is 15.1. The fourth-order valence-corrected chi connectivity index (χ4v) is 4.18. The molecule has 1 aliphatic heterocycles. The average molecular weight is 417 g/mol. The number of hydrogen-bond donors (Lipinski definition) is 3. The molecule has 1 aromatic rings. The number of amides is 2. The number of rotatable bonds is 4. The molecule has 1 heterocycles. The molecule has 0 saturated heterocycles. The molecular weight excluding hydrogens is 388 g/mol. The van der Waals surface area contributed by atoms with Crippen LogP contribution in [0.4, 0.5) is 16.2 Å². The van der Waals surface area contributed by atoms with Crippen molar-refractivity contribution in [3.05, 3.63) is 70.0 Å². The van der Waals surface area contributed by atoms with Crippen LogP contribution in [0, 0.1) is 6.92 Å². The third-order valence-corrected chi connectivity index (χ3v) is 5.84. The fraction of sp³-hybridized carbons (Fsp3) is 0.320. The predicted molar refractivity (Wildman–Crippen MR) is 126 cm³/mol. The summed E-state index contributed by atoms with van der Waals surface area (Å²) in [6.07, 6.45) is 5.66. The first-order valence-corrected chi connectivity index (χ1v) is 10.9. The van der Waals surface area contributed by atoms with E-state index in [1.165, 1.54) is 19.3 Å². The number of aryl methyl sites for hydroxylation is 1. The van der Waals surface area contributed by atoms with Gasteiger partial charge in [0.2, 0.25) is 0 Å². The monoisotopic (exact) mass is 416 g/mol. The number of aliphatic imine (C=N–C) groups is 1. The Morgan fingerprint density at radius 2 is 1.84 bits per heavy atom. The Labute approximate surface area is 182 Å². The van der Waals surface area contributed by atoms with Gasteiger partial charge in [-0.25, -0.2) is 4.79 Å². The molecule has 0 radical (unpaired) electrons. The van der Waals surface area contributed by atoms with Crippen LogP contribution in [0.2, 0.25) is 0 Å². The first-order valence-electron chi connectivity index (χ1n) is 10.9. The van der Waals surface area contributed by atoms with Gasteiger partial charge < -0.3 is 15.6 Å². The van der Waals surface area contributed by atoms with Crippen LogP contribution >= 0.6 is 0 Å². The number of urea groups is 1. The number of H-pyrrole nitrogens is 1. The number of carbonyl (C=O) groups is 1. The van der Waals surface area contributed by atoms with E-state index in [9.17, 15) is 9.59 Å². The quantitative estimate of drug-likeness (QED) is 0.499. The van der Waals surface area contributed by atoms with Crippen molar-refractivity contribution < 1.29 is 4.79 Å². The van der Waals surface area contributed by atoms with E-state index in [-0.39, 0.29) is 17.6 Å². The van der Waals surface area contributed by atoms with Gasteiger partial charge in [0.15, 0.2) is 0 Å². The minimum Gasteiger partial charge on any atom is -0.335 e. The van der Waals surface area contributed by atoms with Crippen molar-refractivity contribution in [2.75, 3.05) is 5.32 Å². The Morgan fingerprint density at radius 3 is 2.65 bits per heavy atom. The van der Waals surface area contributed by atoms with Crippen molar-refractivity contribution in [1.82, 2.24) is 10.3 Å². The predicted octanol–water partition coefficient (Wildman–Crippen LogP) is 5.38. The molecule has 3 N–H and O–H groups in total. The minimum absolute atomic E-state index is 0.152. The number of carbonyl (C=O) groups excluding carboxylic acids is 1. The summed E-state index contributed by atoms with van der Waals surface area (Å²) in [5.74, 6) is 0. The van der Waals surface area contributed by atoms with Gasteiger partial charge in [-0.05, 0) is 50.5 Å². The standard InChI is InChI=1S/C25H28N4O2/c1-16-13-14-19(28-25(31)27-18-9-5-3-6-10-18)15-22(16)26-17(2)23-20-11-7-4-8-12-21(20)29-24(23)30/h4,7-8,11-15,18H,3,5-6,9-10H2,1-2H3,(H,29,30)(H2,27,28,31). The second-order valence-electron chi connectivity index (χ2n) is 8.20. The Morgan fingerprint density at radius 1 is 1.06 bits per heavy atom. The van der Waals surface area contributed by atoms with Crippen LogP contribution in [-0.4, -0.2) is 22.8 Å². The number of aromatic amines is 1. The van der Waals surface area contributed by atoms with Gasteiger partial charge in [0.25, 0.3) is 5.56 Å². The molecule has 6 nitrogen and oxygen atoms in total. The molecule has 3 aliphatic rings. The van der Waals surface area contributed by atoms with E-state index in [1.54, 1.807) is 0 Å². The SMILES string of the molecule is CC(=Nc1cc(NC(=O)NC2CCCCC2)ccc1C)c1c2cccccc-2[nH]c1=O. The fourth-order valence-electron chi connectivity index (χ4n) is 4.18. The maximum absolute atomic E-state index is 12.6. The molecule has 1 fully saturated rings. The minimum atomic E-state index is -0.187. The number of aromatic nitrogens is 1. The molecule has 0 bridgehead atoms. The number of anilines is 1. The van der Waals surface area contributed by atoms with Gasteiger partial charge in [0.05, 0.1) is 17.0 Å². The Bertz CT molecular complexity index is 1140. The summed E-state index contributed by atoms with van der Waals surface area (Å²) in [6, 6.07) is 15.2. The summed E-state index contributed by atoms with van der Waals surface area (Å²) in [6.45, 7) is 3.80. The van der Waals surface area contributed by atoms with E-state index in [0.29, 0.717) is 17.0 Å². The highest BCUT2D eigenvalue weighted by atomic mass is 16.2. The third kappa shape index (κ3) is 4.85. The first-order chi connectivity index (χ1) is 15.0. The maximum atomic E-state index is 12.6. The molecule has 4 rings (SSSR count). The highest BCUT2D eigenvalue weighted by Crippen LogP contribution is 2.27. The molecule has 160 valence electrons. The summed E-state index contributed by atoms with van der Waals surface area (Å²) >= 11 is 0. The summed E-state index contributed by atoms with van der Waals surface area (Å²) in [5, 5.41) is 5.99. The molecule has 31 heavy (non-hydrogen) atoms. The van der Waals surface area contributed by atoms with E-state index >= 15 is 0 Å². The van der Waals surface area contributed by atoms with Crippen molar-refractivity contribution in [2.24, 2.45) is 4.99 Å². The lowest BCUT2D eigenvalue weighted by molar-refractivity contribution is 0.244. The molecule has 0 atom stereocenters. The van der Waals surface area contributed by atoms with Gasteiger partial charge in [-0.3, -0.25) is 9.79 Å². The van der Waals surface area contributed by atoms with Crippen molar-refractivity contribution in [1.29, 1.82) is 0 Å². The number of hydrogen-bond acceptors (Lipinski definition) is 3. The van der Waals surface area contributed by atoms with Crippen molar-refractivity contribution in [2.45, 2.75) is 52.0 Å². The van der Waals surface area contributed by atoms with E-state index in [4.69, 9.17) is 4.99 Å². The van der Waals surface area contributed by atoms with Gasteiger partial charge in [-0.2, -0.15) is 0 Å². The molecule has 6 heteroatoms. The van der Waals surface area contributed by atoms with E-state index in [1.807, 2.05) is 62.4 Å². The zero-order valence-electron chi connectivity index (χ0n) is 18.0.